The van der Waals surface area contributed by atoms with Gasteiger partial charge in [0.05, 0.1) is 16.8 Å². The van der Waals surface area contributed by atoms with Gasteiger partial charge in [0.25, 0.3) is 0 Å². The van der Waals surface area contributed by atoms with Crippen molar-refractivity contribution in [2.24, 2.45) is 0 Å². The molecule has 2 aromatic carbocycles. The Bertz CT molecular complexity index is 1170. The zero-order chi connectivity index (χ0) is 17.5. The number of fused-ring (bicyclic) bond motifs is 2. The van der Waals surface area contributed by atoms with Crippen molar-refractivity contribution in [3.05, 3.63) is 54.4 Å². The summed E-state index contributed by atoms with van der Waals surface area (Å²) in [6.07, 6.45) is 0. The van der Waals surface area contributed by atoms with E-state index in [0.29, 0.717) is 5.75 Å². The summed E-state index contributed by atoms with van der Waals surface area (Å²) in [5, 5.41) is 24.2. The molecule has 3 heterocycles. The highest BCUT2D eigenvalue weighted by atomic mass is 32.2. The molecule has 0 aliphatic rings. The standard InChI is InChI=1S/C17H12N6OS2/c24-11-7-5-10(6-8-11)15-22-23-14(20-21-17(23)26-15)9-25-16-18-12-3-1-2-4-13(12)19-16/h1-8,24H,9H2,(H,18,19). The molecule has 7 nitrogen and oxygen atoms in total. The minimum Gasteiger partial charge on any atom is -0.508 e. The van der Waals surface area contributed by atoms with Crippen molar-refractivity contribution in [1.82, 2.24) is 29.8 Å². The van der Waals surface area contributed by atoms with Gasteiger partial charge in [-0.15, -0.1) is 10.2 Å². The largest absolute Gasteiger partial charge is 0.508 e. The number of para-hydroxylation sites is 2. The molecular formula is C17H12N6OS2. The Morgan fingerprint density at radius 1 is 1.08 bits per heavy atom. The van der Waals surface area contributed by atoms with Crippen LogP contribution in [0.15, 0.2) is 53.7 Å². The molecule has 0 radical (unpaired) electrons. The fourth-order valence-electron chi connectivity index (χ4n) is 2.60. The van der Waals surface area contributed by atoms with E-state index in [-0.39, 0.29) is 5.75 Å². The SMILES string of the molecule is Oc1ccc(-c2nn3c(CSc4nc5ccccc5[nH]4)nnc3s2)cc1. The molecule has 128 valence electrons. The predicted octanol–water partition coefficient (Wildman–Crippen LogP) is 3.73. The Morgan fingerprint density at radius 3 is 2.77 bits per heavy atom. The maximum absolute atomic E-state index is 9.42. The van der Waals surface area contributed by atoms with Crippen molar-refractivity contribution in [1.29, 1.82) is 0 Å². The molecule has 3 aromatic heterocycles. The summed E-state index contributed by atoms with van der Waals surface area (Å²) in [4.78, 5) is 8.60. The third-order valence-electron chi connectivity index (χ3n) is 3.88. The number of aromatic hydroxyl groups is 1. The first-order valence-corrected chi connectivity index (χ1v) is 9.64. The van der Waals surface area contributed by atoms with E-state index in [0.717, 1.165) is 37.5 Å². The van der Waals surface area contributed by atoms with Crippen LogP contribution in [0.25, 0.3) is 26.6 Å². The summed E-state index contributed by atoms with van der Waals surface area (Å²) < 4.78 is 1.77. The van der Waals surface area contributed by atoms with Gasteiger partial charge in [0.15, 0.2) is 11.0 Å². The first-order valence-electron chi connectivity index (χ1n) is 7.84. The predicted molar refractivity (Wildman–Crippen MR) is 101 cm³/mol. The third kappa shape index (κ3) is 2.71. The van der Waals surface area contributed by atoms with Crippen molar-refractivity contribution >= 4 is 39.1 Å². The molecule has 0 aliphatic carbocycles. The van der Waals surface area contributed by atoms with E-state index in [1.165, 1.54) is 11.3 Å². The summed E-state index contributed by atoms with van der Waals surface area (Å²) in [7, 11) is 0. The van der Waals surface area contributed by atoms with Gasteiger partial charge >= 0.3 is 0 Å². The maximum atomic E-state index is 9.42. The Kier molecular flexibility index (Phi) is 3.61. The lowest BCUT2D eigenvalue weighted by molar-refractivity contribution is 0.475. The molecule has 0 bridgehead atoms. The van der Waals surface area contributed by atoms with Gasteiger partial charge in [0.2, 0.25) is 4.96 Å². The van der Waals surface area contributed by atoms with E-state index in [2.05, 4.69) is 25.3 Å². The zero-order valence-corrected chi connectivity index (χ0v) is 15.0. The smallest absolute Gasteiger partial charge is 0.235 e. The molecule has 0 fully saturated rings. The van der Waals surface area contributed by atoms with Crippen LogP contribution >= 0.6 is 23.1 Å². The lowest BCUT2D eigenvalue weighted by atomic mass is 10.2. The van der Waals surface area contributed by atoms with Crippen LogP contribution in [0.3, 0.4) is 0 Å². The second-order valence-corrected chi connectivity index (χ2v) is 7.53. The van der Waals surface area contributed by atoms with Crippen LogP contribution < -0.4 is 0 Å². The summed E-state index contributed by atoms with van der Waals surface area (Å²) in [6, 6.07) is 14.9. The summed E-state index contributed by atoms with van der Waals surface area (Å²) >= 11 is 3.03. The number of aromatic nitrogens is 6. The number of nitrogens with zero attached hydrogens (tertiary/aromatic N) is 5. The van der Waals surface area contributed by atoms with Crippen LogP contribution in [0, 0.1) is 0 Å². The quantitative estimate of drug-likeness (QED) is 0.462. The number of phenols is 1. The second-order valence-electron chi connectivity index (χ2n) is 5.61. The van der Waals surface area contributed by atoms with Crippen molar-refractivity contribution in [2.75, 3.05) is 0 Å². The Labute approximate surface area is 155 Å². The van der Waals surface area contributed by atoms with Gasteiger partial charge in [-0.1, -0.05) is 35.2 Å². The van der Waals surface area contributed by atoms with E-state index < -0.39 is 0 Å². The summed E-state index contributed by atoms with van der Waals surface area (Å²) in [6.45, 7) is 0. The molecule has 0 unspecified atom stereocenters. The van der Waals surface area contributed by atoms with Gasteiger partial charge < -0.3 is 10.1 Å². The van der Waals surface area contributed by atoms with Crippen molar-refractivity contribution in [2.45, 2.75) is 10.9 Å². The molecule has 0 aliphatic heterocycles. The number of imidazole rings is 1. The highest BCUT2D eigenvalue weighted by Gasteiger charge is 2.14. The highest BCUT2D eigenvalue weighted by Crippen LogP contribution is 2.28. The Morgan fingerprint density at radius 2 is 1.92 bits per heavy atom. The Hall–Kier alpha value is -2.91. The molecule has 26 heavy (non-hydrogen) atoms. The summed E-state index contributed by atoms with van der Waals surface area (Å²) in [5.41, 5.74) is 2.91. The van der Waals surface area contributed by atoms with Gasteiger partial charge in [-0.3, -0.25) is 0 Å². The van der Waals surface area contributed by atoms with Gasteiger partial charge in [-0.2, -0.15) is 9.61 Å². The lowest BCUT2D eigenvalue weighted by Crippen LogP contribution is -1.94. The van der Waals surface area contributed by atoms with Gasteiger partial charge in [-0.25, -0.2) is 4.98 Å². The number of phenolic OH excluding ortho intramolecular Hbond substituents is 1. The number of nitrogens with one attached hydrogen (secondary N) is 1. The van der Waals surface area contributed by atoms with Crippen LogP contribution in [-0.2, 0) is 5.75 Å². The van der Waals surface area contributed by atoms with Gasteiger partial charge in [0.1, 0.15) is 10.8 Å². The minimum absolute atomic E-state index is 0.236. The normalized spacial score (nSPS) is 11.5. The molecule has 9 heteroatoms. The highest BCUT2D eigenvalue weighted by molar-refractivity contribution is 7.98. The topological polar surface area (TPSA) is 92.0 Å². The average molecular weight is 380 g/mol. The van der Waals surface area contributed by atoms with Crippen LogP contribution in [-0.4, -0.2) is 34.9 Å². The van der Waals surface area contributed by atoms with Crippen LogP contribution in [0.2, 0.25) is 0 Å². The molecule has 0 saturated carbocycles. The van der Waals surface area contributed by atoms with Gasteiger partial charge in [-0.05, 0) is 36.4 Å². The minimum atomic E-state index is 0.236. The molecule has 0 atom stereocenters. The molecule has 2 N–H and O–H groups in total. The molecule has 5 rings (SSSR count). The third-order valence-corrected chi connectivity index (χ3v) is 5.69. The van der Waals surface area contributed by atoms with Crippen LogP contribution in [0.1, 0.15) is 5.82 Å². The number of rotatable bonds is 4. The van der Waals surface area contributed by atoms with Crippen molar-refractivity contribution < 1.29 is 5.11 Å². The van der Waals surface area contributed by atoms with E-state index in [1.807, 2.05) is 36.4 Å². The number of H-pyrrole nitrogens is 1. The van der Waals surface area contributed by atoms with Crippen molar-refractivity contribution in [3.63, 3.8) is 0 Å². The first kappa shape index (κ1) is 15.4. The number of thioether (sulfide) groups is 1. The molecule has 5 aromatic rings. The number of hydrogen-bond donors (Lipinski definition) is 2. The molecule has 0 saturated heterocycles. The fourth-order valence-corrected chi connectivity index (χ4v) is 4.25. The zero-order valence-electron chi connectivity index (χ0n) is 13.3. The lowest BCUT2D eigenvalue weighted by Gasteiger charge is -1.96. The Balaban J connectivity index is 1.41. The van der Waals surface area contributed by atoms with E-state index >= 15 is 0 Å². The van der Waals surface area contributed by atoms with Gasteiger partial charge in [0, 0.05) is 5.56 Å². The molecule has 0 spiro atoms. The fraction of sp³-hybridized carbons (Fsp3) is 0.0588. The number of aromatic amines is 1. The van der Waals surface area contributed by atoms with Crippen molar-refractivity contribution in [3.8, 4) is 16.3 Å². The second kappa shape index (κ2) is 6.11. The van der Waals surface area contributed by atoms with Crippen LogP contribution in [0.4, 0.5) is 0 Å². The average Bonchev–Trinajstić information content (AvgIpc) is 3.34. The molecular weight excluding hydrogens is 368 g/mol. The number of hydrogen-bond acceptors (Lipinski definition) is 7. The summed E-state index contributed by atoms with van der Waals surface area (Å²) in [5.74, 6) is 1.62. The maximum Gasteiger partial charge on any atom is 0.235 e. The van der Waals surface area contributed by atoms with Crippen LogP contribution in [0.5, 0.6) is 5.75 Å². The van der Waals surface area contributed by atoms with E-state index in [9.17, 15) is 5.11 Å². The monoisotopic (exact) mass is 380 g/mol. The van der Waals surface area contributed by atoms with E-state index in [4.69, 9.17) is 0 Å². The number of benzene rings is 2. The molecule has 0 amide bonds. The first-order chi connectivity index (χ1) is 12.8. The van der Waals surface area contributed by atoms with E-state index in [1.54, 1.807) is 28.4 Å².